The van der Waals surface area contributed by atoms with Crippen LogP contribution in [0.3, 0.4) is 0 Å². The van der Waals surface area contributed by atoms with Gasteiger partial charge in [-0.2, -0.15) is 10.2 Å². The van der Waals surface area contributed by atoms with E-state index in [4.69, 9.17) is 0 Å². The standard InChI is InChI=1S/C23H18N4O3/c1-14-5-4-6-15(11-14)24-26-19-10-9-16(12-21(19)29)25-27-23-18-8-3-2-7-17(18)20(28)13-22(23)30/h2-13,28-30H,1H3. The molecule has 4 rings (SSSR count). The van der Waals surface area contributed by atoms with E-state index in [1.54, 1.807) is 36.4 Å². The molecule has 0 aliphatic carbocycles. The van der Waals surface area contributed by atoms with E-state index in [9.17, 15) is 15.3 Å². The predicted molar refractivity (Wildman–Crippen MR) is 115 cm³/mol. The average Bonchev–Trinajstić information content (AvgIpc) is 2.73. The van der Waals surface area contributed by atoms with Crippen molar-refractivity contribution in [1.29, 1.82) is 0 Å². The van der Waals surface area contributed by atoms with E-state index < -0.39 is 0 Å². The quantitative estimate of drug-likeness (QED) is 0.319. The molecule has 0 spiro atoms. The summed E-state index contributed by atoms with van der Waals surface area (Å²) in [6, 6.07) is 20.4. The minimum Gasteiger partial charge on any atom is -0.507 e. The lowest BCUT2D eigenvalue weighted by atomic mass is 10.1. The number of nitrogens with zero attached hydrogens (tertiary/aromatic N) is 4. The van der Waals surface area contributed by atoms with E-state index >= 15 is 0 Å². The van der Waals surface area contributed by atoms with Crippen LogP contribution in [0.25, 0.3) is 10.8 Å². The molecule has 0 aromatic heterocycles. The molecule has 0 bridgehead atoms. The Morgan fingerprint density at radius 1 is 0.567 bits per heavy atom. The summed E-state index contributed by atoms with van der Waals surface area (Å²) < 4.78 is 0. The molecule has 0 amide bonds. The van der Waals surface area contributed by atoms with Crippen LogP contribution in [0.4, 0.5) is 22.7 Å². The van der Waals surface area contributed by atoms with Gasteiger partial charge in [0, 0.05) is 22.9 Å². The van der Waals surface area contributed by atoms with Crippen LogP contribution in [-0.2, 0) is 0 Å². The maximum Gasteiger partial charge on any atom is 0.147 e. The number of aryl methyl sites for hydroxylation is 1. The van der Waals surface area contributed by atoms with E-state index in [1.165, 1.54) is 12.1 Å². The number of phenols is 3. The normalized spacial score (nSPS) is 11.6. The first-order valence-electron chi connectivity index (χ1n) is 9.18. The molecular weight excluding hydrogens is 380 g/mol. The van der Waals surface area contributed by atoms with Gasteiger partial charge in [0.15, 0.2) is 0 Å². The van der Waals surface area contributed by atoms with E-state index in [0.717, 1.165) is 5.56 Å². The summed E-state index contributed by atoms with van der Waals surface area (Å²) in [5, 5.41) is 48.0. The summed E-state index contributed by atoms with van der Waals surface area (Å²) in [4.78, 5) is 0. The average molecular weight is 398 g/mol. The van der Waals surface area contributed by atoms with Crippen LogP contribution in [0.1, 0.15) is 5.56 Å². The van der Waals surface area contributed by atoms with Crippen molar-refractivity contribution in [1.82, 2.24) is 0 Å². The first-order chi connectivity index (χ1) is 14.5. The number of fused-ring (bicyclic) bond motifs is 1. The summed E-state index contributed by atoms with van der Waals surface area (Å²) in [7, 11) is 0. The molecule has 0 saturated heterocycles. The molecule has 30 heavy (non-hydrogen) atoms. The maximum atomic E-state index is 10.2. The number of aromatic hydroxyl groups is 3. The van der Waals surface area contributed by atoms with Gasteiger partial charge in [0.05, 0.1) is 11.4 Å². The topological polar surface area (TPSA) is 110 Å². The molecule has 0 heterocycles. The second kappa shape index (κ2) is 8.00. The molecule has 0 aliphatic rings. The molecule has 0 radical (unpaired) electrons. The Balaban J connectivity index is 1.62. The SMILES string of the molecule is Cc1cccc(N=Nc2ccc(N=Nc3c(O)cc(O)c4ccccc34)cc2O)c1. The van der Waals surface area contributed by atoms with Crippen LogP contribution < -0.4 is 0 Å². The van der Waals surface area contributed by atoms with Gasteiger partial charge in [0.25, 0.3) is 0 Å². The van der Waals surface area contributed by atoms with E-state index in [0.29, 0.717) is 27.8 Å². The lowest BCUT2D eigenvalue weighted by Gasteiger charge is -2.06. The molecule has 4 aromatic rings. The Morgan fingerprint density at radius 2 is 1.30 bits per heavy atom. The molecule has 7 nitrogen and oxygen atoms in total. The second-order valence-corrected chi connectivity index (χ2v) is 6.72. The first-order valence-corrected chi connectivity index (χ1v) is 9.18. The van der Waals surface area contributed by atoms with Crippen molar-refractivity contribution >= 4 is 33.5 Å². The van der Waals surface area contributed by atoms with Gasteiger partial charge in [-0.15, -0.1) is 10.2 Å². The summed E-state index contributed by atoms with van der Waals surface area (Å²) >= 11 is 0. The van der Waals surface area contributed by atoms with Crippen molar-refractivity contribution in [3.63, 3.8) is 0 Å². The third-order valence-electron chi connectivity index (χ3n) is 4.47. The Hall–Kier alpha value is -4.26. The number of rotatable bonds is 4. The lowest BCUT2D eigenvalue weighted by molar-refractivity contribution is 0.456. The Bertz CT molecular complexity index is 1300. The highest BCUT2D eigenvalue weighted by Crippen LogP contribution is 2.41. The Labute approximate surface area is 172 Å². The van der Waals surface area contributed by atoms with Gasteiger partial charge in [-0.1, -0.05) is 36.4 Å². The molecule has 7 heteroatoms. The largest absolute Gasteiger partial charge is 0.507 e. The smallest absolute Gasteiger partial charge is 0.147 e. The van der Waals surface area contributed by atoms with Crippen LogP contribution in [0.5, 0.6) is 17.2 Å². The molecule has 148 valence electrons. The molecule has 0 fully saturated rings. The minimum atomic E-state index is -0.192. The van der Waals surface area contributed by atoms with Gasteiger partial charge in [-0.25, -0.2) is 0 Å². The Morgan fingerprint density at radius 3 is 2.07 bits per heavy atom. The van der Waals surface area contributed by atoms with Gasteiger partial charge in [0.1, 0.15) is 28.6 Å². The highest BCUT2D eigenvalue weighted by molar-refractivity contribution is 5.99. The maximum absolute atomic E-state index is 10.2. The van der Waals surface area contributed by atoms with Gasteiger partial charge in [0.2, 0.25) is 0 Å². The molecular formula is C23H18N4O3. The van der Waals surface area contributed by atoms with Crippen LogP contribution in [0.15, 0.2) is 93.3 Å². The summed E-state index contributed by atoms with van der Waals surface area (Å²) in [5.74, 6) is -0.326. The Kier molecular flexibility index (Phi) is 5.09. The molecule has 4 aromatic carbocycles. The van der Waals surface area contributed by atoms with Crippen LogP contribution in [0, 0.1) is 6.92 Å². The number of hydrogen-bond acceptors (Lipinski definition) is 7. The van der Waals surface area contributed by atoms with E-state index in [1.807, 2.05) is 31.2 Å². The fourth-order valence-electron chi connectivity index (χ4n) is 3.00. The minimum absolute atomic E-state index is 0.0389. The van der Waals surface area contributed by atoms with E-state index in [2.05, 4.69) is 20.5 Å². The van der Waals surface area contributed by atoms with Gasteiger partial charge >= 0.3 is 0 Å². The summed E-state index contributed by atoms with van der Waals surface area (Å²) in [5.41, 5.74) is 2.65. The zero-order valence-electron chi connectivity index (χ0n) is 16.1. The second-order valence-electron chi connectivity index (χ2n) is 6.72. The number of hydrogen-bond donors (Lipinski definition) is 3. The third kappa shape index (κ3) is 3.95. The van der Waals surface area contributed by atoms with Gasteiger partial charge in [-0.05, 0) is 36.8 Å². The summed E-state index contributed by atoms with van der Waals surface area (Å²) in [6.45, 7) is 1.96. The van der Waals surface area contributed by atoms with Crippen molar-refractivity contribution < 1.29 is 15.3 Å². The fraction of sp³-hybridized carbons (Fsp3) is 0.0435. The fourth-order valence-corrected chi connectivity index (χ4v) is 3.00. The van der Waals surface area contributed by atoms with Gasteiger partial charge < -0.3 is 15.3 Å². The van der Waals surface area contributed by atoms with Crippen molar-refractivity contribution in [3.05, 3.63) is 78.4 Å². The van der Waals surface area contributed by atoms with Crippen LogP contribution >= 0.6 is 0 Å². The van der Waals surface area contributed by atoms with Crippen molar-refractivity contribution in [2.75, 3.05) is 0 Å². The number of phenolic OH excluding ortho intramolecular Hbond substituents is 3. The lowest BCUT2D eigenvalue weighted by Crippen LogP contribution is -1.77. The first kappa shape index (κ1) is 19.1. The monoisotopic (exact) mass is 398 g/mol. The highest BCUT2D eigenvalue weighted by atomic mass is 16.3. The van der Waals surface area contributed by atoms with Gasteiger partial charge in [-0.3, -0.25) is 0 Å². The summed E-state index contributed by atoms with van der Waals surface area (Å²) in [6.07, 6.45) is 0. The van der Waals surface area contributed by atoms with Crippen molar-refractivity contribution in [2.24, 2.45) is 20.5 Å². The number of azo groups is 2. The van der Waals surface area contributed by atoms with Crippen molar-refractivity contribution in [2.45, 2.75) is 6.92 Å². The van der Waals surface area contributed by atoms with E-state index in [-0.39, 0.29) is 22.9 Å². The van der Waals surface area contributed by atoms with Crippen molar-refractivity contribution in [3.8, 4) is 17.2 Å². The molecule has 3 N–H and O–H groups in total. The molecule has 0 saturated carbocycles. The molecule has 0 aliphatic heterocycles. The molecule has 0 unspecified atom stereocenters. The highest BCUT2D eigenvalue weighted by Gasteiger charge is 2.11. The number of benzene rings is 4. The third-order valence-corrected chi connectivity index (χ3v) is 4.47. The van der Waals surface area contributed by atoms with Crippen LogP contribution in [0.2, 0.25) is 0 Å². The zero-order chi connectivity index (χ0) is 21.1. The van der Waals surface area contributed by atoms with Crippen LogP contribution in [-0.4, -0.2) is 15.3 Å². The zero-order valence-corrected chi connectivity index (χ0v) is 16.1. The predicted octanol–water partition coefficient (Wildman–Crippen LogP) is 7.10. The molecule has 0 atom stereocenters.